The van der Waals surface area contributed by atoms with Crippen molar-refractivity contribution in [3.8, 4) is 6.07 Å². The van der Waals surface area contributed by atoms with E-state index in [4.69, 9.17) is 0 Å². The van der Waals surface area contributed by atoms with Gasteiger partial charge in [-0.15, -0.1) is 0 Å². The van der Waals surface area contributed by atoms with Crippen LogP contribution in [0.15, 0.2) is 0 Å². The highest BCUT2D eigenvalue weighted by atomic mass is 16.3. The molecule has 0 aromatic rings. The molecule has 0 saturated heterocycles. The monoisotopic (exact) mass is 277 g/mol. The van der Waals surface area contributed by atoms with E-state index in [1.54, 1.807) is 0 Å². The fraction of sp³-hybridized carbons (Fsp3) is 0.944. The van der Waals surface area contributed by atoms with Gasteiger partial charge in [0, 0.05) is 0 Å². The second-order valence-corrected chi connectivity index (χ2v) is 8.61. The minimum Gasteiger partial charge on any atom is -0.389 e. The molecule has 2 heteroatoms. The van der Waals surface area contributed by atoms with Gasteiger partial charge in [-0.1, -0.05) is 40.0 Å². The van der Waals surface area contributed by atoms with Crippen molar-refractivity contribution in [3.05, 3.63) is 0 Å². The quantitative estimate of drug-likeness (QED) is 0.814. The summed E-state index contributed by atoms with van der Waals surface area (Å²) in [5, 5.41) is 20.8. The zero-order chi connectivity index (χ0) is 15.0. The molecule has 2 aliphatic carbocycles. The molecular weight excluding hydrogens is 246 g/mol. The van der Waals surface area contributed by atoms with Gasteiger partial charge in [-0.3, -0.25) is 0 Å². The Morgan fingerprint density at radius 3 is 2.00 bits per heavy atom. The van der Waals surface area contributed by atoms with Crippen LogP contribution >= 0.6 is 0 Å². The van der Waals surface area contributed by atoms with Crippen molar-refractivity contribution in [1.82, 2.24) is 0 Å². The minimum absolute atomic E-state index is 0.321. The number of nitrogens with zero attached hydrogens (tertiary/aromatic N) is 1. The summed E-state index contributed by atoms with van der Waals surface area (Å²) in [4.78, 5) is 0. The van der Waals surface area contributed by atoms with E-state index in [0.29, 0.717) is 17.3 Å². The number of hydrogen-bond acceptors (Lipinski definition) is 2. The molecule has 20 heavy (non-hydrogen) atoms. The van der Waals surface area contributed by atoms with Gasteiger partial charge in [0.25, 0.3) is 0 Å². The van der Waals surface area contributed by atoms with Crippen LogP contribution in [0.2, 0.25) is 0 Å². The summed E-state index contributed by atoms with van der Waals surface area (Å²) >= 11 is 0. The lowest BCUT2D eigenvalue weighted by Crippen LogP contribution is -2.49. The van der Waals surface area contributed by atoms with E-state index in [1.807, 2.05) is 6.92 Å². The SMILES string of the molecule is CC(C)(C)C1CCC(C#N)(C(C)(O)CC2CCC2)CC1. The lowest BCUT2D eigenvalue weighted by atomic mass is 9.57. The molecular formula is C18H31NO. The Hall–Kier alpha value is -0.550. The average Bonchev–Trinajstić information content (AvgIpc) is 2.33. The Morgan fingerprint density at radius 2 is 1.65 bits per heavy atom. The Kier molecular flexibility index (Phi) is 4.22. The average molecular weight is 277 g/mol. The Balaban J connectivity index is 2.06. The minimum atomic E-state index is -0.810. The van der Waals surface area contributed by atoms with Crippen LogP contribution in [0.5, 0.6) is 0 Å². The van der Waals surface area contributed by atoms with Crippen molar-refractivity contribution in [2.45, 2.75) is 84.7 Å². The molecule has 2 aliphatic rings. The summed E-state index contributed by atoms with van der Waals surface area (Å²) in [7, 11) is 0. The van der Waals surface area contributed by atoms with Gasteiger partial charge in [-0.05, 0) is 56.3 Å². The number of rotatable bonds is 3. The summed E-state index contributed by atoms with van der Waals surface area (Å²) in [5.74, 6) is 1.33. The van der Waals surface area contributed by atoms with Gasteiger partial charge in [-0.2, -0.15) is 5.26 Å². The Bertz CT molecular complexity index is 373. The second kappa shape index (κ2) is 5.34. The Morgan fingerprint density at radius 1 is 1.10 bits per heavy atom. The van der Waals surface area contributed by atoms with E-state index < -0.39 is 11.0 Å². The number of nitriles is 1. The van der Waals surface area contributed by atoms with Crippen LogP contribution in [0.25, 0.3) is 0 Å². The highest BCUT2D eigenvalue weighted by Gasteiger charge is 2.51. The molecule has 0 amide bonds. The van der Waals surface area contributed by atoms with Crippen molar-refractivity contribution in [3.63, 3.8) is 0 Å². The zero-order valence-corrected chi connectivity index (χ0v) is 13.7. The molecule has 2 fully saturated rings. The molecule has 1 N–H and O–H groups in total. The first-order chi connectivity index (χ1) is 9.20. The van der Waals surface area contributed by atoms with Crippen molar-refractivity contribution in [2.75, 3.05) is 0 Å². The van der Waals surface area contributed by atoms with Gasteiger partial charge in [0.15, 0.2) is 0 Å². The zero-order valence-electron chi connectivity index (χ0n) is 13.7. The third-order valence-corrected chi connectivity index (χ3v) is 6.22. The molecule has 0 radical (unpaired) electrons. The molecule has 114 valence electrons. The van der Waals surface area contributed by atoms with Gasteiger partial charge in [0.1, 0.15) is 0 Å². The summed E-state index contributed by atoms with van der Waals surface area (Å²) in [6.07, 6.45) is 8.49. The molecule has 1 atom stereocenters. The first kappa shape index (κ1) is 15.8. The first-order valence-corrected chi connectivity index (χ1v) is 8.34. The molecule has 0 aromatic carbocycles. The number of hydrogen-bond donors (Lipinski definition) is 1. The molecule has 2 saturated carbocycles. The highest BCUT2D eigenvalue weighted by Crippen LogP contribution is 2.52. The summed E-state index contributed by atoms with van der Waals surface area (Å²) in [6, 6.07) is 2.53. The third kappa shape index (κ3) is 2.89. The van der Waals surface area contributed by atoms with Crippen LogP contribution in [-0.4, -0.2) is 10.7 Å². The van der Waals surface area contributed by atoms with Crippen molar-refractivity contribution < 1.29 is 5.11 Å². The van der Waals surface area contributed by atoms with Crippen LogP contribution < -0.4 is 0 Å². The van der Waals surface area contributed by atoms with E-state index in [0.717, 1.165) is 32.1 Å². The number of aliphatic hydroxyl groups is 1. The van der Waals surface area contributed by atoms with E-state index in [2.05, 4.69) is 26.8 Å². The van der Waals surface area contributed by atoms with E-state index in [9.17, 15) is 10.4 Å². The molecule has 0 aromatic heterocycles. The largest absolute Gasteiger partial charge is 0.389 e. The van der Waals surface area contributed by atoms with Crippen molar-refractivity contribution in [2.24, 2.45) is 22.7 Å². The van der Waals surface area contributed by atoms with Crippen LogP contribution in [-0.2, 0) is 0 Å². The van der Waals surface area contributed by atoms with Crippen molar-refractivity contribution in [1.29, 1.82) is 5.26 Å². The van der Waals surface area contributed by atoms with Gasteiger partial charge in [0.05, 0.1) is 17.1 Å². The lowest BCUT2D eigenvalue weighted by Gasteiger charge is -2.49. The van der Waals surface area contributed by atoms with Gasteiger partial charge in [0.2, 0.25) is 0 Å². The van der Waals surface area contributed by atoms with E-state index in [1.165, 1.54) is 19.3 Å². The molecule has 0 bridgehead atoms. The second-order valence-electron chi connectivity index (χ2n) is 8.61. The van der Waals surface area contributed by atoms with E-state index in [-0.39, 0.29) is 0 Å². The maximum atomic E-state index is 11.0. The molecule has 2 nitrogen and oxygen atoms in total. The fourth-order valence-corrected chi connectivity index (χ4v) is 4.20. The normalized spacial score (nSPS) is 34.9. The molecule has 0 heterocycles. The van der Waals surface area contributed by atoms with Crippen LogP contribution in [0.3, 0.4) is 0 Å². The summed E-state index contributed by atoms with van der Waals surface area (Å²) in [5.41, 5.74) is -0.999. The summed E-state index contributed by atoms with van der Waals surface area (Å²) < 4.78 is 0. The maximum absolute atomic E-state index is 11.0. The highest BCUT2D eigenvalue weighted by molar-refractivity contribution is 5.12. The third-order valence-electron chi connectivity index (χ3n) is 6.22. The van der Waals surface area contributed by atoms with Crippen LogP contribution in [0.1, 0.15) is 79.1 Å². The predicted octanol–water partition coefficient (Wildman–Crippen LogP) is 4.67. The standard InChI is InChI=1S/C18H31NO/c1-16(2,3)15-8-10-18(13-19,11-9-15)17(4,20)12-14-6-5-7-14/h14-15,20H,5-12H2,1-4H3. The maximum Gasteiger partial charge on any atom is 0.0857 e. The fourth-order valence-electron chi connectivity index (χ4n) is 4.20. The van der Waals surface area contributed by atoms with Gasteiger partial charge in [-0.25, -0.2) is 0 Å². The molecule has 0 aliphatic heterocycles. The van der Waals surface area contributed by atoms with Crippen LogP contribution in [0.4, 0.5) is 0 Å². The van der Waals surface area contributed by atoms with Crippen molar-refractivity contribution >= 4 is 0 Å². The van der Waals surface area contributed by atoms with E-state index >= 15 is 0 Å². The first-order valence-electron chi connectivity index (χ1n) is 8.34. The molecule has 1 unspecified atom stereocenters. The summed E-state index contributed by atoms with van der Waals surface area (Å²) in [6.45, 7) is 8.81. The topological polar surface area (TPSA) is 44.0 Å². The predicted molar refractivity (Wildman–Crippen MR) is 82.0 cm³/mol. The van der Waals surface area contributed by atoms with Gasteiger partial charge >= 0.3 is 0 Å². The molecule has 0 spiro atoms. The Labute approximate surface area is 124 Å². The van der Waals surface area contributed by atoms with Gasteiger partial charge < -0.3 is 5.11 Å². The lowest BCUT2D eigenvalue weighted by molar-refractivity contribution is -0.0911. The smallest absolute Gasteiger partial charge is 0.0857 e. The van der Waals surface area contributed by atoms with Crippen LogP contribution in [0, 0.1) is 34.0 Å². The molecule has 2 rings (SSSR count).